The van der Waals surface area contributed by atoms with Crippen molar-refractivity contribution >= 4 is 17.0 Å². The standard InChI is InChI=1S/C17H21N3O3/c1-22-13-8-15-12(4-2-6-16(15)19-10-13)5-3-7-18-9-14-11-20-17(21)23-14/h2,4,6,8,10,14,18H,3,5,7,9,11H2,1H3,(H,20,21)/t14-/m1/s1. The van der Waals surface area contributed by atoms with Gasteiger partial charge >= 0.3 is 6.09 Å². The highest BCUT2D eigenvalue weighted by molar-refractivity contribution is 5.83. The molecule has 0 bridgehead atoms. The predicted molar refractivity (Wildman–Crippen MR) is 87.8 cm³/mol. The number of hydrogen-bond acceptors (Lipinski definition) is 5. The smallest absolute Gasteiger partial charge is 0.407 e. The van der Waals surface area contributed by atoms with Gasteiger partial charge in [0.15, 0.2) is 0 Å². The maximum Gasteiger partial charge on any atom is 0.407 e. The van der Waals surface area contributed by atoms with Crippen molar-refractivity contribution in [3.63, 3.8) is 0 Å². The van der Waals surface area contributed by atoms with Crippen molar-refractivity contribution in [1.29, 1.82) is 0 Å². The highest BCUT2D eigenvalue weighted by atomic mass is 16.6. The van der Waals surface area contributed by atoms with Crippen molar-refractivity contribution in [2.24, 2.45) is 0 Å². The number of nitrogens with one attached hydrogen (secondary N) is 2. The third kappa shape index (κ3) is 3.90. The molecule has 0 spiro atoms. The molecular weight excluding hydrogens is 294 g/mol. The highest BCUT2D eigenvalue weighted by Gasteiger charge is 2.21. The third-order valence-corrected chi connectivity index (χ3v) is 3.95. The number of aryl methyl sites for hydroxylation is 1. The Hall–Kier alpha value is -2.34. The Balaban J connectivity index is 1.51. The second-order valence-corrected chi connectivity index (χ2v) is 5.57. The molecule has 0 aliphatic carbocycles. The SMILES string of the molecule is COc1cnc2cccc(CCCNC[C@@H]3CNC(=O)O3)c2c1. The molecule has 6 heteroatoms. The second-order valence-electron chi connectivity index (χ2n) is 5.57. The normalized spacial score (nSPS) is 17.1. The molecule has 122 valence electrons. The van der Waals surface area contributed by atoms with Crippen LogP contribution in [-0.2, 0) is 11.2 Å². The van der Waals surface area contributed by atoms with Crippen molar-refractivity contribution in [2.45, 2.75) is 18.9 Å². The van der Waals surface area contributed by atoms with Gasteiger partial charge in [0.05, 0.1) is 25.4 Å². The van der Waals surface area contributed by atoms with E-state index in [-0.39, 0.29) is 12.2 Å². The number of carbonyl (C=O) groups excluding carboxylic acids is 1. The topological polar surface area (TPSA) is 72.5 Å². The lowest BCUT2D eigenvalue weighted by Gasteiger charge is -2.10. The molecule has 1 aliphatic heterocycles. The molecular formula is C17H21N3O3. The summed E-state index contributed by atoms with van der Waals surface area (Å²) in [5, 5.41) is 7.12. The Morgan fingerprint density at radius 2 is 2.39 bits per heavy atom. The molecule has 1 fully saturated rings. The van der Waals surface area contributed by atoms with Crippen molar-refractivity contribution in [1.82, 2.24) is 15.6 Å². The lowest BCUT2D eigenvalue weighted by molar-refractivity contribution is 0.139. The average Bonchev–Trinajstić information content (AvgIpc) is 2.99. The molecule has 23 heavy (non-hydrogen) atoms. The number of aromatic nitrogens is 1. The number of alkyl carbamates (subject to hydrolysis) is 1. The Bertz CT molecular complexity index is 690. The van der Waals surface area contributed by atoms with E-state index in [0.29, 0.717) is 13.1 Å². The number of methoxy groups -OCH3 is 1. The molecule has 6 nitrogen and oxygen atoms in total. The Labute approximate surface area is 135 Å². The molecule has 0 saturated carbocycles. The average molecular weight is 315 g/mol. The predicted octanol–water partition coefficient (Wildman–Crippen LogP) is 1.87. The summed E-state index contributed by atoms with van der Waals surface area (Å²) in [4.78, 5) is 15.3. The molecule has 0 radical (unpaired) electrons. The quantitative estimate of drug-likeness (QED) is 0.763. The molecule has 3 rings (SSSR count). The van der Waals surface area contributed by atoms with E-state index in [1.807, 2.05) is 18.2 Å². The summed E-state index contributed by atoms with van der Waals surface area (Å²) < 4.78 is 10.3. The second kappa shape index (κ2) is 7.28. The van der Waals surface area contributed by atoms with E-state index >= 15 is 0 Å². The summed E-state index contributed by atoms with van der Waals surface area (Å²) in [7, 11) is 1.65. The van der Waals surface area contributed by atoms with Gasteiger partial charge in [-0.05, 0) is 37.1 Å². The van der Waals surface area contributed by atoms with Crippen LogP contribution in [-0.4, -0.2) is 43.9 Å². The fourth-order valence-corrected chi connectivity index (χ4v) is 2.73. The van der Waals surface area contributed by atoms with Crippen LogP contribution in [0.25, 0.3) is 10.9 Å². The van der Waals surface area contributed by atoms with Crippen molar-refractivity contribution in [3.05, 3.63) is 36.0 Å². The Kier molecular flexibility index (Phi) is 4.92. The molecule has 1 aromatic heterocycles. The monoisotopic (exact) mass is 315 g/mol. The van der Waals surface area contributed by atoms with Crippen molar-refractivity contribution in [3.8, 4) is 5.75 Å². The van der Waals surface area contributed by atoms with Gasteiger partial charge < -0.3 is 20.1 Å². The van der Waals surface area contributed by atoms with Gasteiger partial charge in [-0.1, -0.05) is 12.1 Å². The summed E-state index contributed by atoms with van der Waals surface area (Å²) in [5.41, 5.74) is 2.25. The van der Waals surface area contributed by atoms with Crippen LogP contribution in [0.1, 0.15) is 12.0 Å². The molecule has 1 amide bonds. The van der Waals surface area contributed by atoms with Gasteiger partial charge in [-0.3, -0.25) is 4.98 Å². The minimum atomic E-state index is -0.325. The minimum absolute atomic E-state index is 0.0616. The van der Waals surface area contributed by atoms with E-state index in [2.05, 4.69) is 21.7 Å². The molecule has 1 aromatic carbocycles. The van der Waals surface area contributed by atoms with Crippen LogP contribution in [0.4, 0.5) is 4.79 Å². The Morgan fingerprint density at radius 1 is 1.48 bits per heavy atom. The van der Waals surface area contributed by atoms with Gasteiger partial charge in [0, 0.05) is 11.9 Å². The largest absolute Gasteiger partial charge is 0.495 e. The molecule has 1 saturated heterocycles. The van der Waals surface area contributed by atoms with Crippen LogP contribution in [0, 0.1) is 0 Å². The third-order valence-electron chi connectivity index (χ3n) is 3.95. The number of pyridine rings is 1. The number of hydrogen-bond donors (Lipinski definition) is 2. The molecule has 2 aromatic rings. The molecule has 2 heterocycles. The van der Waals surface area contributed by atoms with E-state index in [9.17, 15) is 4.79 Å². The molecule has 0 unspecified atom stereocenters. The minimum Gasteiger partial charge on any atom is -0.495 e. The van der Waals surface area contributed by atoms with Crippen LogP contribution < -0.4 is 15.4 Å². The zero-order valence-corrected chi connectivity index (χ0v) is 13.2. The van der Waals surface area contributed by atoms with Gasteiger partial charge in [0.25, 0.3) is 0 Å². The first kappa shape index (κ1) is 15.6. The number of rotatable bonds is 7. The number of benzene rings is 1. The summed E-state index contributed by atoms with van der Waals surface area (Å²) in [6.45, 7) is 2.14. The number of amides is 1. The molecule has 1 atom stereocenters. The summed E-state index contributed by atoms with van der Waals surface area (Å²) in [6.07, 6.45) is 3.32. The van der Waals surface area contributed by atoms with E-state index in [1.54, 1.807) is 13.3 Å². The van der Waals surface area contributed by atoms with E-state index in [0.717, 1.165) is 36.0 Å². The van der Waals surface area contributed by atoms with Crippen LogP contribution in [0.5, 0.6) is 5.75 Å². The van der Waals surface area contributed by atoms with E-state index < -0.39 is 0 Å². The van der Waals surface area contributed by atoms with Crippen LogP contribution >= 0.6 is 0 Å². The number of nitrogens with zero attached hydrogens (tertiary/aromatic N) is 1. The first-order chi connectivity index (χ1) is 11.3. The number of cyclic esters (lactones) is 1. The maximum absolute atomic E-state index is 10.9. The summed E-state index contributed by atoms with van der Waals surface area (Å²) in [5.74, 6) is 0.777. The number of ether oxygens (including phenoxy) is 2. The fourth-order valence-electron chi connectivity index (χ4n) is 2.73. The highest BCUT2D eigenvalue weighted by Crippen LogP contribution is 2.22. The van der Waals surface area contributed by atoms with Crippen LogP contribution in [0.3, 0.4) is 0 Å². The zero-order valence-electron chi connectivity index (χ0n) is 13.2. The zero-order chi connectivity index (χ0) is 16.1. The summed E-state index contributed by atoms with van der Waals surface area (Å²) in [6, 6.07) is 8.22. The van der Waals surface area contributed by atoms with Crippen LogP contribution in [0.2, 0.25) is 0 Å². The van der Waals surface area contributed by atoms with Crippen molar-refractivity contribution in [2.75, 3.05) is 26.7 Å². The van der Waals surface area contributed by atoms with Gasteiger partial charge in [-0.2, -0.15) is 0 Å². The van der Waals surface area contributed by atoms with Crippen LogP contribution in [0.15, 0.2) is 30.5 Å². The number of fused-ring (bicyclic) bond motifs is 1. The van der Waals surface area contributed by atoms with Gasteiger partial charge in [0.1, 0.15) is 11.9 Å². The summed E-state index contributed by atoms with van der Waals surface area (Å²) >= 11 is 0. The Morgan fingerprint density at radius 3 is 3.17 bits per heavy atom. The van der Waals surface area contributed by atoms with Gasteiger partial charge in [-0.25, -0.2) is 4.79 Å². The van der Waals surface area contributed by atoms with E-state index in [4.69, 9.17) is 9.47 Å². The number of carbonyl (C=O) groups is 1. The first-order valence-electron chi connectivity index (χ1n) is 7.83. The van der Waals surface area contributed by atoms with Gasteiger partial charge in [0.2, 0.25) is 0 Å². The van der Waals surface area contributed by atoms with E-state index in [1.165, 1.54) is 5.56 Å². The van der Waals surface area contributed by atoms with Gasteiger partial charge in [-0.15, -0.1) is 0 Å². The lowest BCUT2D eigenvalue weighted by Crippen LogP contribution is -2.30. The molecule has 2 N–H and O–H groups in total. The maximum atomic E-state index is 10.9. The van der Waals surface area contributed by atoms with Crippen molar-refractivity contribution < 1.29 is 14.3 Å². The first-order valence-corrected chi connectivity index (χ1v) is 7.83. The fraction of sp³-hybridized carbons (Fsp3) is 0.412. The molecule has 1 aliphatic rings. The lowest BCUT2D eigenvalue weighted by atomic mass is 10.0.